The first-order valence-electron chi connectivity index (χ1n) is 5.32. The van der Waals surface area contributed by atoms with Gasteiger partial charge in [0, 0.05) is 18.8 Å². The van der Waals surface area contributed by atoms with Crippen LogP contribution >= 0.6 is 12.2 Å². The van der Waals surface area contributed by atoms with Gasteiger partial charge in [-0.05, 0) is 12.1 Å². The molecule has 0 bridgehead atoms. The first kappa shape index (κ1) is 12.4. The second-order valence-corrected chi connectivity index (χ2v) is 4.43. The molecule has 0 aliphatic carbocycles. The average Bonchev–Trinajstić information content (AvgIpc) is 2.58. The standard InChI is InChI=1S/C11H12N4O2S/c1-15-9(16)4-7(11(15)17)14-8-3-2-6(5-13-8)10(12)18/h2-3,5,7H,4H2,1H3,(H2,12,18)(H,13,14). The third kappa shape index (κ3) is 2.30. The highest BCUT2D eigenvalue weighted by Gasteiger charge is 2.36. The minimum atomic E-state index is -0.550. The normalized spacial score (nSPS) is 19.2. The smallest absolute Gasteiger partial charge is 0.251 e. The minimum absolute atomic E-state index is 0.147. The molecule has 2 rings (SSSR count). The maximum Gasteiger partial charge on any atom is 0.251 e. The maximum atomic E-state index is 11.7. The van der Waals surface area contributed by atoms with Crippen molar-refractivity contribution in [2.24, 2.45) is 5.73 Å². The summed E-state index contributed by atoms with van der Waals surface area (Å²) in [7, 11) is 1.47. The third-order valence-corrected chi connectivity index (χ3v) is 2.99. The highest BCUT2D eigenvalue weighted by Crippen LogP contribution is 2.15. The van der Waals surface area contributed by atoms with E-state index in [2.05, 4.69) is 10.3 Å². The van der Waals surface area contributed by atoms with Crippen molar-refractivity contribution in [2.75, 3.05) is 12.4 Å². The van der Waals surface area contributed by atoms with Gasteiger partial charge in [0.2, 0.25) is 5.91 Å². The largest absolute Gasteiger partial charge is 0.389 e. The Morgan fingerprint density at radius 3 is 2.72 bits per heavy atom. The summed E-state index contributed by atoms with van der Waals surface area (Å²) in [6.45, 7) is 0. The van der Waals surface area contributed by atoms with Gasteiger partial charge in [-0.1, -0.05) is 12.2 Å². The quantitative estimate of drug-likeness (QED) is 0.585. The van der Waals surface area contributed by atoms with Crippen molar-refractivity contribution < 1.29 is 9.59 Å². The van der Waals surface area contributed by atoms with E-state index in [9.17, 15) is 9.59 Å². The van der Waals surface area contributed by atoms with Gasteiger partial charge < -0.3 is 11.1 Å². The molecule has 1 atom stereocenters. The van der Waals surface area contributed by atoms with Gasteiger partial charge in [0.15, 0.2) is 0 Å². The molecule has 1 fully saturated rings. The van der Waals surface area contributed by atoms with Gasteiger partial charge in [0.25, 0.3) is 5.91 Å². The van der Waals surface area contributed by atoms with E-state index in [0.717, 1.165) is 4.90 Å². The molecule has 94 valence electrons. The number of nitrogens with zero attached hydrogens (tertiary/aromatic N) is 2. The van der Waals surface area contributed by atoms with Crippen molar-refractivity contribution in [3.8, 4) is 0 Å². The van der Waals surface area contributed by atoms with Crippen molar-refractivity contribution in [1.29, 1.82) is 0 Å². The van der Waals surface area contributed by atoms with Crippen LogP contribution in [-0.4, -0.2) is 39.8 Å². The lowest BCUT2D eigenvalue weighted by Gasteiger charge is -2.11. The Balaban J connectivity index is 2.08. The number of hydrogen-bond donors (Lipinski definition) is 2. The van der Waals surface area contributed by atoms with Crippen molar-refractivity contribution in [3.63, 3.8) is 0 Å². The maximum absolute atomic E-state index is 11.7. The van der Waals surface area contributed by atoms with Crippen molar-refractivity contribution >= 4 is 34.8 Å². The summed E-state index contributed by atoms with van der Waals surface area (Å²) in [4.78, 5) is 28.5. The van der Waals surface area contributed by atoms with Gasteiger partial charge in [-0.25, -0.2) is 4.98 Å². The highest BCUT2D eigenvalue weighted by atomic mass is 32.1. The van der Waals surface area contributed by atoms with Crippen LogP contribution in [0.15, 0.2) is 18.3 Å². The number of likely N-dealkylation sites (N-methyl/N-ethyl adjacent to an activating group) is 1. The van der Waals surface area contributed by atoms with Gasteiger partial charge in [-0.2, -0.15) is 0 Å². The predicted molar refractivity (Wildman–Crippen MR) is 69.9 cm³/mol. The first-order valence-corrected chi connectivity index (χ1v) is 5.72. The van der Waals surface area contributed by atoms with Crippen LogP contribution in [0.3, 0.4) is 0 Å². The molecule has 0 radical (unpaired) electrons. The van der Waals surface area contributed by atoms with Crippen LogP contribution in [0.2, 0.25) is 0 Å². The zero-order valence-corrected chi connectivity index (χ0v) is 10.5. The van der Waals surface area contributed by atoms with E-state index in [-0.39, 0.29) is 23.2 Å². The zero-order valence-electron chi connectivity index (χ0n) is 9.71. The summed E-state index contributed by atoms with van der Waals surface area (Å²) < 4.78 is 0. The van der Waals surface area contributed by atoms with Gasteiger partial charge in [-0.3, -0.25) is 14.5 Å². The fourth-order valence-corrected chi connectivity index (χ4v) is 1.79. The lowest BCUT2D eigenvalue weighted by molar-refractivity contribution is -0.136. The lowest BCUT2D eigenvalue weighted by atomic mass is 10.2. The van der Waals surface area contributed by atoms with E-state index in [1.807, 2.05) is 0 Å². The first-order chi connectivity index (χ1) is 8.49. The topological polar surface area (TPSA) is 88.3 Å². The number of carbonyl (C=O) groups excluding carboxylic acids is 2. The number of anilines is 1. The number of carbonyl (C=O) groups is 2. The van der Waals surface area contributed by atoms with Crippen LogP contribution < -0.4 is 11.1 Å². The molecule has 1 aliphatic rings. The van der Waals surface area contributed by atoms with E-state index >= 15 is 0 Å². The SMILES string of the molecule is CN1C(=O)CC(Nc2ccc(C(N)=S)cn2)C1=O. The molecule has 1 unspecified atom stereocenters. The van der Waals surface area contributed by atoms with E-state index in [1.54, 1.807) is 12.1 Å². The number of pyridine rings is 1. The number of rotatable bonds is 3. The molecule has 2 heterocycles. The van der Waals surface area contributed by atoms with Crippen molar-refractivity contribution in [1.82, 2.24) is 9.88 Å². The molecule has 1 saturated heterocycles. The second-order valence-electron chi connectivity index (χ2n) is 3.99. The summed E-state index contributed by atoms with van der Waals surface area (Å²) in [6.07, 6.45) is 1.67. The van der Waals surface area contributed by atoms with Crippen LogP contribution in [0.5, 0.6) is 0 Å². The van der Waals surface area contributed by atoms with Crippen molar-refractivity contribution in [2.45, 2.75) is 12.5 Å². The molecule has 2 amide bonds. The summed E-state index contributed by atoms with van der Waals surface area (Å²) in [6, 6.07) is 2.83. The van der Waals surface area contributed by atoms with Crippen LogP contribution in [0.1, 0.15) is 12.0 Å². The fraction of sp³-hybridized carbons (Fsp3) is 0.273. The summed E-state index contributed by atoms with van der Waals surface area (Å²) >= 11 is 4.81. The fourth-order valence-electron chi connectivity index (χ4n) is 1.67. The summed E-state index contributed by atoms with van der Waals surface area (Å²) in [5, 5.41) is 2.91. The van der Waals surface area contributed by atoms with Gasteiger partial charge in [0.1, 0.15) is 16.8 Å². The predicted octanol–water partition coefficient (Wildman–Crippen LogP) is -0.115. The summed E-state index contributed by atoms with van der Waals surface area (Å²) in [5.74, 6) is 0.0638. The van der Waals surface area contributed by atoms with Gasteiger partial charge >= 0.3 is 0 Å². The number of amides is 2. The molecule has 1 aromatic heterocycles. The van der Waals surface area contributed by atoms with E-state index < -0.39 is 6.04 Å². The zero-order chi connectivity index (χ0) is 13.3. The molecule has 18 heavy (non-hydrogen) atoms. The van der Waals surface area contributed by atoms with E-state index in [0.29, 0.717) is 11.4 Å². The number of thiocarbonyl (C=S) groups is 1. The number of aromatic nitrogens is 1. The lowest BCUT2D eigenvalue weighted by Crippen LogP contribution is -2.32. The Kier molecular flexibility index (Phi) is 3.24. The van der Waals surface area contributed by atoms with Crippen molar-refractivity contribution in [3.05, 3.63) is 23.9 Å². The number of nitrogens with two attached hydrogens (primary N) is 1. The number of nitrogens with one attached hydrogen (secondary N) is 1. The molecule has 0 aromatic carbocycles. The van der Waals surface area contributed by atoms with Crippen LogP contribution in [-0.2, 0) is 9.59 Å². The van der Waals surface area contributed by atoms with E-state index in [1.165, 1.54) is 13.2 Å². The van der Waals surface area contributed by atoms with Crippen LogP contribution in [0.4, 0.5) is 5.82 Å². The number of likely N-dealkylation sites (tertiary alicyclic amines) is 1. The number of hydrogen-bond acceptors (Lipinski definition) is 5. The Hall–Kier alpha value is -2.02. The highest BCUT2D eigenvalue weighted by molar-refractivity contribution is 7.80. The second kappa shape index (κ2) is 4.69. The van der Waals surface area contributed by atoms with Gasteiger partial charge in [-0.15, -0.1) is 0 Å². The van der Waals surface area contributed by atoms with Gasteiger partial charge in [0.05, 0.1) is 6.42 Å². The monoisotopic (exact) mass is 264 g/mol. The van der Waals surface area contributed by atoms with Crippen LogP contribution in [0.25, 0.3) is 0 Å². The average molecular weight is 264 g/mol. The molecule has 1 aliphatic heterocycles. The molecule has 0 spiro atoms. The molecule has 0 saturated carbocycles. The molecule has 7 heteroatoms. The Morgan fingerprint density at radius 2 is 2.28 bits per heavy atom. The Morgan fingerprint density at radius 1 is 1.56 bits per heavy atom. The molecule has 6 nitrogen and oxygen atoms in total. The Labute approximate surface area is 109 Å². The minimum Gasteiger partial charge on any atom is -0.389 e. The number of imide groups is 1. The third-order valence-electron chi connectivity index (χ3n) is 2.75. The molecular weight excluding hydrogens is 252 g/mol. The van der Waals surface area contributed by atoms with Crippen LogP contribution in [0, 0.1) is 0 Å². The van der Waals surface area contributed by atoms with E-state index in [4.69, 9.17) is 18.0 Å². The molecule has 3 N–H and O–H groups in total. The molecular formula is C11H12N4O2S. The molecule has 1 aromatic rings. The summed E-state index contributed by atoms with van der Waals surface area (Å²) in [5.41, 5.74) is 6.11. The Bertz CT molecular complexity index is 514.